The molecule has 0 aromatic heterocycles. The van der Waals surface area contributed by atoms with Gasteiger partial charge in [0.25, 0.3) is 0 Å². The summed E-state index contributed by atoms with van der Waals surface area (Å²) in [5.41, 5.74) is 2.40. The molecule has 4 rings (SSSR count). The molecule has 2 heteroatoms. The predicted molar refractivity (Wildman–Crippen MR) is 66.1 cm³/mol. The lowest BCUT2D eigenvalue weighted by atomic mass is 9.63. The molecule has 0 spiro atoms. The zero-order valence-corrected chi connectivity index (χ0v) is 10.2. The molecule has 0 atom stereocenters. The summed E-state index contributed by atoms with van der Waals surface area (Å²) in [5, 5.41) is 0. The van der Waals surface area contributed by atoms with Gasteiger partial charge in [-0.3, -0.25) is 0 Å². The number of carbonyl (C=O) groups is 1. The highest BCUT2D eigenvalue weighted by Gasteiger charge is 2.50. The first-order valence-electron chi connectivity index (χ1n) is 6.36. The predicted octanol–water partition coefficient (Wildman–Crippen LogP) is 2.77. The lowest BCUT2D eigenvalue weighted by Gasteiger charge is -2.51. The molecule has 17 heavy (non-hydrogen) atoms. The Hall–Kier alpha value is -1.15. The number of hydrogen-bond donors (Lipinski definition) is 0. The van der Waals surface area contributed by atoms with Crippen LogP contribution in [0.5, 0.6) is 0 Å². The Morgan fingerprint density at radius 1 is 1.24 bits per heavy atom. The Labute approximate surface area is 102 Å². The van der Waals surface area contributed by atoms with E-state index in [2.05, 4.69) is 31.2 Å². The van der Waals surface area contributed by atoms with Crippen LogP contribution < -0.4 is 0 Å². The van der Waals surface area contributed by atoms with Crippen molar-refractivity contribution in [2.24, 2.45) is 0 Å². The normalized spacial score (nSPS) is 35.8. The van der Waals surface area contributed by atoms with Gasteiger partial charge >= 0.3 is 0 Å². The molecule has 2 nitrogen and oxygen atoms in total. The van der Waals surface area contributed by atoms with Crippen LogP contribution in [0.3, 0.4) is 0 Å². The van der Waals surface area contributed by atoms with Crippen molar-refractivity contribution in [3.63, 3.8) is 0 Å². The molecular formula is C15H18O2. The van der Waals surface area contributed by atoms with Crippen molar-refractivity contribution in [1.29, 1.82) is 0 Å². The van der Waals surface area contributed by atoms with Crippen LogP contribution >= 0.6 is 0 Å². The minimum Gasteiger partial charge on any atom is -0.367 e. The number of carbonyl (C=O) groups excluding carboxylic acids is 1. The minimum atomic E-state index is -0.453. The molecular weight excluding hydrogens is 212 g/mol. The summed E-state index contributed by atoms with van der Waals surface area (Å²) < 4.78 is 5.84. The van der Waals surface area contributed by atoms with E-state index in [0.29, 0.717) is 6.61 Å². The number of ether oxygens (including phenoxy) is 1. The van der Waals surface area contributed by atoms with E-state index in [1.54, 1.807) is 0 Å². The smallest absolute Gasteiger partial charge is 0.151 e. The molecule has 2 bridgehead atoms. The van der Waals surface area contributed by atoms with Crippen molar-refractivity contribution in [2.75, 3.05) is 6.61 Å². The van der Waals surface area contributed by atoms with E-state index in [4.69, 9.17) is 4.74 Å². The number of fused-ring (bicyclic) bond motifs is 3. The number of aldehydes is 1. The van der Waals surface area contributed by atoms with E-state index >= 15 is 0 Å². The lowest BCUT2D eigenvalue weighted by molar-refractivity contribution is -0.164. The Morgan fingerprint density at radius 2 is 2.00 bits per heavy atom. The number of rotatable bonds is 2. The van der Waals surface area contributed by atoms with Gasteiger partial charge in [-0.15, -0.1) is 0 Å². The Balaban J connectivity index is 1.93. The summed E-state index contributed by atoms with van der Waals surface area (Å²) >= 11 is 0. The highest BCUT2D eigenvalue weighted by atomic mass is 16.5. The standard InChI is InChI=1S/C15H18O2/c1-12-3-2-4-13(9-12)14-5-7-15(10-16,8-6-14)17-11-14/h2-4,9-10H,5-8,11H2,1H3. The minimum absolute atomic E-state index is 0.163. The average Bonchev–Trinajstić information content (AvgIpc) is 2.41. The van der Waals surface area contributed by atoms with Crippen molar-refractivity contribution in [3.8, 4) is 0 Å². The first-order valence-corrected chi connectivity index (χ1v) is 6.36. The molecule has 0 unspecified atom stereocenters. The zero-order valence-electron chi connectivity index (χ0n) is 10.2. The topological polar surface area (TPSA) is 26.3 Å². The van der Waals surface area contributed by atoms with Gasteiger partial charge in [-0.2, -0.15) is 0 Å². The van der Waals surface area contributed by atoms with Crippen molar-refractivity contribution in [3.05, 3.63) is 35.4 Å². The first kappa shape index (κ1) is 11.0. The molecule has 2 aliphatic heterocycles. The highest BCUT2D eigenvalue weighted by Crippen LogP contribution is 2.49. The summed E-state index contributed by atoms with van der Waals surface area (Å²) in [6.07, 6.45) is 4.94. The van der Waals surface area contributed by atoms with Gasteiger partial charge in [-0.25, -0.2) is 0 Å². The van der Waals surface area contributed by atoms with E-state index in [-0.39, 0.29) is 5.41 Å². The second-order valence-electron chi connectivity index (χ2n) is 5.62. The number of hydrogen-bond acceptors (Lipinski definition) is 2. The third kappa shape index (κ3) is 1.62. The van der Waals surface area contributed by atoms with Crippen LogP contribution in [0.15, 0.2) is 24.3 Å². The summed E-state index contributed by atoms with van der Waals surface area (Å²) in [6.45, 7) is 2.83. The molecule has 1 aromatic carbocycles. The Morgan fingerprint density at radius 3 is 2.53 bits per heavy atom. The summed E-state index contributed by atoms with van der Waals surface area (Å²) in [7, 11) is 0. The van der Waals surface area contributed by atoms with Crippen LogP contribution in [0.2, 0.25) is 0 Å². The van der Waals surface area contributed by atoms with Crippen molar-refractivity contribution >= 4 is 6.29 Å². The first-order chi connectivity index (χ1) is 8.18. The second kappa shape index (κ2) is 3.67. The van der Waals surface area contributed by atoms with Gasteiger partial charge < -0.3 is 9.53 Å². The molecule has 3 aliphatic rings. The average molecular weight is 230 g/mol. The second-order valence-corrected chi connectivity index (χ2v) is 5.62. The van der Waals surface area contributed by atoms with Gasteiger partial charge in [0.2, 0.25) is 0 Å². The van der Waals surface area contributed by atoms with E-state index in [1.807, 2.05) is 0 Å². The lowest BCUT2D eigenvalue weighted by Crippen LogP contribution is -2.54. The van der Waals surface area contributed by atoms with Crippen LogP contribution in [0, 0.1) is 6.92 Å². The maximum Gasteiger partial charge on any atom is 0.151 e. The summed E-state index contributed by atoms with van der Waals surface area (Å²) in [4.78, 5) is 11.1. The van der Waals surface area contributed by atoms with Crippen molar-refractivity contribution in [2.45, 2.75) is 43.6 Å². The van der Waals surface area contributed by atoms with Gasteiger partial charge in [-0.1, -0.05) is 29.8 Å². The quantitative estimate of drug-likeness (QED) is 0.730. The van der Waals surface area contributed by atoms with Gasteiger partial charge in [0.15, 0.2) is 6.29 Å². The van der Waals surface area contributed by atoms with Crippen LogP contribution in [0.1, 0.15) is 36.8 Å². The van der Waals surface area contributed by atoms with Crippen LogP contribution in [-0.4, -0.2) is 18.5 Å². The van der Waals surface area contributed by atoms with Gasteiger partial charge in [0.1, 0.15) is 5.60 Å². The largest absolute Gasteiger partial charge is 0.367 e. The molecule has 0 radical (unpaired) electrons. The van der Waals surface area contributed by atoms with Gasteiger partial charge in [0, 0.05) is 5.41 Å². The Kier molecular flexibility index (Phi) is 2.37. The molecule has 3 fully saturated rings. The molecule has 2 saturated heterocycles. The molecule has 0 amide bonds. The Bertz CT molecular complexity index is 425. The van der Waals surface area contributed by atoms with Crippen molar-refractivity contribution in [1.82, 2.24) is 0 Å². The highest BCUT2D eigenvalue weighted by molar-refractivity contribution is 5.63. The number of benzene rings is 1. The molecule has 2 heterocycles. The fourth-order valence-electron chi connectivity index (χ4n) is 3.22. The fraction of sp³-hybridized carbons (Fsp3) is 0.533. The van der Waals surface area contributed by atoms with Crippen LogP contribution in [0.4, 0.5) is 0 Å². The van der Waals surface area contributed by atoms with E-state index in [1.165, 1.54) is 11.1 Å². The third-order valence-corrected chi connectivity index (χ3v) is 4.53. The van der Waals surface area contributed by atoms with Gasteiger partial charge in [-0.05, 0) is 38.2 Å². The summed E-state index contributed by atoms with van der Waals surface area (Å²) in [5.74, 6) is 0. The van der Waals surface area contributed by atoms with Crippen molar-refractivity contribution < 1.29 is 9.53 Å². The van der Waals surface area contributed by atoms with E-state index in [0.717, 1.165) is 32.0 Å². The third-order valence-electron chi connectivity index (χ3n) is 4.53. The molecule has 1 aromatic rings. The van der Waals surface area contributed by atoms with Crippen LogP contribution in [-0.2, 0) is 14.9 Å². The molecule has 0 N–H and O–H groups in total. The van der Waals surface area contributed by atoms with E-state index in [9.17, 15) is 4.79 Å². The van der Waals surface area contributed by atoms with E-state index < -0.39 is 5.60 Å². The van der Waals surface area contributed by atoms with Gasteiger partial charge in [0.05, 0.1) is 6.61 Å². The maximum absolute atomic E-state index is 11.1. The zero-order chi connectivity index (χ0) is 11.9. The maximum atomic E-state index is 11.1. The van der Waals surface area contributed by atoms with Crippen LogP contribution in [0.25, 0.3) is 0 Å². The number of aryl methyl sites for hydroxylation is 1. The SMILES string of the molecule is Cc1cccc(C23CCC(C=O)(CC2)OC3)c1. The monoisotopic (exact) mass is 230 g/mol. The molecule has 1 saturated carbocycles. The fourth-order valence-corrected chi connectivity index (χ4v) is 3.22. The summed E-state index contributed by atoms with van der Waals surface area (Å²) in [6, 6.07) is 8.72. The molecule has 90 valence electrons. The molecule has 1 aliphatic carbocycles.